The SMILES string of the molecule is C=CCC(C)(SCc1csc(CN(C)C)n1)C(=C(N)N)[N+](=O)[O-]. The first-order valence-electron chi connectivity index (χ1n) is 6.92. The van der Waals surface area contributed by atoms with E-state index >= 15 is 0 Å². The Hall–Kier alpha value is -1.58. The minimum absolute atomic E-state index is 0.175. The Bertz CT molecular complexity index is 596. The zero-order valence-corrected chi connectivity index (χ0v) is 15.2. The molecule has 1 atom stereocenters. The molecule has 9 heteroatoms. The van der Waals surface area contributed by atoms with Gasteiger partial charge in [-0.05, 0) is 27.4 Å². The molecule has 0 fully saturated rings. The van der Waals surface area contributed by atoms with Crippen LogP contribution in [0.4, 0.5) is 0 Å². The molecule has 1 heterocycles. The molecule has 0 aliphatic rings. The fraction of sp³-hybridized carbons (Fsp3) is 0.500. The van der Waals surface area contributed by atoms with E-state index in [-0.39, 0.29) is 11.5 Å². The van der Waals surface area contributed by atoms with Crippen molar-refractivity contribution in [2.75, 3.05) is 14.1 Å². The van der Waals surface area contributed by atoms with E-state index in [2.05, 4.69) is 11.6 Å². The van der Waals surface area contributed by atoms with Gasteiger partial charge in [0.25, 0.3) is 0 Å². The van der Waals surface area contributed by atoms with E-state index in [1.165, 1.54) is 11.8 Å². The van der Waals surface area contributed by atoms with Gasteiger partial charge in [-0.2, -0.15) is 0 Å². The Morgan fingerprint density at radius 1 is 1.61 bits per heavy atom. The molecule has 0 saturated heterocycles. The van der Waals surface area contributed by atoms with Gasteiger partial charge in [0, 0.05) is 17.7 Å². The van der Waals surface area contributed by atoms with Crippen LogP contribution in [0.25, 0.3) is 0 Å². The minimum Gasteiger partial charge on any atom is -0.380 e. The molecule has 0 aromatic carbocycles. The lowest BCUT2D eigenvalue weighted by Crippen LogP contribution is -2.33. The van der Waals surface area contributed by atoms with Crippen molar-refractivity contribution in [3.05, 3.63) is 50.4 Å². The van der Waals surface area contributed by atoms with Gasteiger partial charge in [0.1, 0.15) is 9.75 Å². The third-order valence-electron chi connectivity index (χ3n) is 3.08. The van der Waals surface area contributed by atoms with Crippen LogP contribution in [0.3, 0.4) is 0 Å². The third-order valence-corrected chi connectivity index (χ3v) is 5.40. The van der Waals surface area contributed by atoms with Crippen molar-refractivity contribution in [3.63, 3.8) is 0 Å². The first-order chi connectivity index (χ1) is 10.7. The highest BCUT2D eigenvalue weighted by atomic mass is 32.2. The summed E-state index contributed by atoms with van der Waals surface area (Å²) in [5.41, 5.74) is 11.8. The lowest BCUT2D eigenvalue weighted by molar-refractivity contribution is -0.432. The predicted molar refractivity (Wildman–Crippen MR) is 96.4 cm³/mol. The Morgan fingerprint density at radius 2 is 2.26 bits per heavy atom. The molecular weight excluding hydrogens is 334 g/mol. The van der Waals surface area contributed by atoms with Gasteiger partial charge in [-0.15, -0.1) is 29.7 Å². The summed E-state index contributed by atoms with van der Waals surface area (Å²) in [6, 6.07) is 0. The van der Waals surface area contributed by atoms with Crippen molar-refractivity contribution in [2.24, 2.45) is 11.5 Å². The quantitative estimate of drug-likeness (QED) is 0.395. The van der Waals surface area contributed by atoms with Crippen LogP contribution in [0.15, 0.2) is 29.6 Å². The van der Waals surface area contributed by atoms with E-state index in [1.807, 2.05) is 24.4 Å². The molecule has 0 spiro atoms. The number of thiazole rings is 1. The van der Waals surface area contributed by atoms with Gasteiger partial charge in [-0.1, -0.05) is 6.08 Å². The Kier molecular flexibility index (Phi) is 7.04. The Balaban J connectivity index is 2.92. The molecule has 1 unspecified atom stereocenters. The summed E-state index contributed by atoms with van der Waals surface area (Å²) >= 11 is 2.98. The maximum Gasteiger partial charge on any atom is 0.301 e. The molecule has 0 amide bonds. The smallest absolute Gasteiger partial charge is 0.301 e. The number of hydrogen-bond donors (Lipinski definition) is 2. The van der Waals surface area contributed by atoms with E-state index in [0.717, 1.165) is 17.2 Å². The van der Waals surface area contributed by atoms with Crippen LogP contribution in [0.1, 0.15) is 24.0 Å². The number of hydrogen-bond acceptors (Lipinski definition) is 8. The number of nitrogens with two attached hydrogens (primary N) is 2. The largest absolute Gasteiger partial charge is 0.380 e. The van der Waals surface area contributed by atoms with E-state index in [4.69, 9.17) is 11.5 Å². The van der Waals surface area contributed by atoms with Crippen molar-refractivity contribution in [3.8, 4) is 0 Å². The third kappa shape index (κ3) is 5.52. The van der Waals surface area contributed by atoms with Crippen LogP contribution in [0.5, 0.6) is 0 Å². The number of aromatic nitrogens is 1. The van der Waals surface area contributed by atoms with E-state index in [9.17, 15) is 10.1 Å². The summed E-state index contributed by atoms with van der Waals surface area (Å²) in [7, 11) is 3.96. The van der Waals surface area contributed by atoms with Crippen LogP contribution in [0, 0.1) is 10.1 Å². The van der Waals surface area contributed by atoms with Crippen molar-refractivity contribution in [2.45, 2.75) is 30.4 Å². The maximum absolute atomic E-state index is 11.3. The second-order valence-electron chi connectivity index (χ2n) is 5.54. The first-order valence-corrected chi connectivity index (χ1v) is 8.79. The molecule has 1 aromatic rings. The molecule has 0 aliphatic carbocycles. The molecule has 0 aliphatic heterocycles. The van der Waals surface area contributed by atoms with Crippen molar-refractivity contribution >= 4 is 23.1 Å². The number of rotatable bonds is 9. The number of allylic oxidation sites excluding steroid dienone is 1. The second kappa shape index (κ2) is 8.32. The highest BCUT2D eigenvalue weighted by Crippen LogP contribution is 2.39. The fourth-order valence-corrected chi connectivity index (χ4v) is 4.29. The molecule has 128 valence electrons. The standard InChI is InChI=1S/C14H23N5O2S2/c1-5-6-14(2,12(13(15)16)19(20)21)23-9-10-8-22-11(17-10)7-18(3)4/h5,8H,1,6-7,9,15-16H2,2-4H3. The van der Waals surface area contributed by atoms with Gasteiger partial charge >= 0.3 is 5.70 Å². The average Bonchev–Trinajstić information content (AvgIpc) is 2.82. The summed E-state index contributed by atoms with van der Waals surface area (Å²) in [5.74, 6) is 0.275. The van der Waals surface area contributed by atoms with Crippen molar-refractivity contribution in [1.29, 1.82) is 0 Å². The summed E-state index contributed by atoms with van der Waals surface area (Å²) < 4.78 is -0.852. The normalized spacial score (nSPS) is 13.6. The zero-order chi connectivity index (χ0) is 17.6. The van der Waals surface area contributed by atoms with Crippen LogP contribution in [-0.2, 0) is 12.3 Å². The number of nitrogens with zero attached hydrogens (tertiary/aromatic N) is 3. The summed E-state index contributed by atoms with van der Waals surface area (Å²) in [5, 5.41) is 14.3. The predicted octanol–water partition coefficient (Wildman–Crippen LogP) is 2.14. The molecule has 1 rings (SSSR count). The fourth-order valence-electron chi connectivity index (χ4n) is 2.09. The van der Waals surface area contributed by atoms with Crippen LogP contribution in [0.2, 0.25) is 0 Å². The molecule has 1 aromatic heterocycles. The molecule has 0 bridgehead atoms. The first kappa shape index (κ1) is 19.5. The Labute approximate surface area is 144 Å². The summed E-state index contributed by atoms with van der Waals surface area (Å²) in [4.78, 5) is 17.4. The molecular formula is C14H23N5O2S2. The van der Waals surface area contributed by atoms with Gasteiger partial charge in [0.2, 0.25) is 0 Å². The van der Waals surface area contributed by atoms with E-state index in [1.54, 1.807) is 24.3 Å². The zero-order valence-electron chi connectivity index (χ0n) is 13.6. The average molecular weight is 358 g/mol. The lowest BCUT2D eigenvalue weighted by atomic mass is 10.0. The van der Waals surface area contributed by atoms with Crippen molar-refractivity contribution in [1.82, 2.24) is 9.88 Å². The minimum atomic E-state index is -0.852. The summed E-state index contributed by atoms with van der Waals surface area (Å²) in [6.45, 7) is 6.21. The molecule has 23 heavy (non-hydrogen) atoms. The van der Waals surface area contributed by atoms with Crippen LogP contribution < -0.4 is 11.5 Å². The van der Waals surface area contributed by atoms with E-state index < -0.39 is 9.67 Å². The van der Waals surface area contributed by atoms with Gasteiger partial charge in [0.05, 0.1) is 10.6 Å². The molecule has 4 N–H and O–H groups in total. The number of thioether (sulfide) groups is 1. The van der Waals surface area contributed by atoms with Crippen molar-refractivity contribution < 1.29 is 4.92 Å². The summed E-state index contributed by atoms with van der Waals surface area (Å²) in [6.07, 6.45) is 2.03. The molecule has 0 radical (unpaired) electrons. The topological polar surface area (TPSA) is 111 Å². The van der Waals surface area contributed by atoms with Gasteiger partial charge in [-0.25, -0.2) is 4.98 Å². The van der Waals surface area contributed by atoms with Gasteiger partial charge in [0.15, 0.2) is 5.82 Å². The molecule has 0 saturated carbocycles. The Morgan fingerprint density at radius 3 is 2.74 bits per heavy atom. The molecule has 7 nitrogen and oxygen atoms in total. The van der Waals surface area contributed by atoms with Crippen LogP contribution in [-0.4, -0.2) is 33.6 Å². The van der Waals surface area contributed by atoms with Crippen LogP contribution >= 0.6 is 23.1 Å². The van der Waals surface area contributed by atoms with Gasteiger partial charge < -0.3 is 16.4 Å². The lowest BCUT2D eigenvalue weighted by Gasteiger charge is -2.24. The highest BCUT2D eigenvalue weighted by molar-refractivity contribution is 8.00. The highest BCUT2D eigenvalue weighted by Gasteiger charge is 2.40. The number of nitro groups is 1. The monoisotopic (exact) mass is 357 g/mol. The maximum atomic E-state index is 11.3. The van der Waals surface area contributed by atoms with E-state index in [0.29, 0.717) is 12.2 Å². The second-order valence-corrected chi connectivity index (χ2v) is 7.96. The van der Waals surface area contributed by atoms with Gasteiger partial charge in [-0.3, -0.25) is 10.1 Å².